The first-order valence-corrected chi connectivity index (χ1v) is 33.9. The van der Waals surface area contributed by atoms with Crippen molar-refractivity contribution in [2.45, 2.75) is 163 Å². The molecule has 7 bridgehead atoms. The van der Waals surface area contributed by atoms with E-state index in [-0.39, 0.29) is 114 Å². The molecule has 5 aromatic carbocycles. The lowest BCUT2D eigenvalue weighted by Gasteiger charge is -2.55. The van der Waals surface area contributed by atoms with Crippen LogP contribution in [0.25, 0.3) is 23.1 Å². The second-order valence-corrected chi connectivity index (χ2v) is 28.5. The number of carbonyl (C=O) groups excluding carboxylic acids is 2. The second kappa shape index (κ2) is 23.1. The number of hydrogen-bond donors (Lipinski definition) is 4. The van der Waals surface area contributed by atoms with Gasteiger partial charge in [-0.05, 0) is 211 Å². The number of allylic oxidation sites excluding steroid dienone is 4. The standard InChI is InChI=1S/C79H82O12/c1-43(39-81)55-26-22-44-17-18-48-35-61(44)49-19-20-50-33-46-10-3-5-13-58(46)62-38-67(63(36-49)70(50)62)78(2)75(90-76(55)85)74(72-68(91-78)30-29-60-64(40-82)71(77(86)89-73(60)72)51(31-32-80)41-87-42-83)88-69(84)37-52-34-47(23-27-56(48)52)57-14-8-16-66-59(57)28-25-54-12-7-11-53-24-21-45-9-4-6-15-65(45)79(53,54)66/h3-6,8-10,13-18,21,23-24,27,29-30,33,35,47,49,51-54,56,62-63,67,70,74-75,80-83H,7,11-12,19-20,22,25-26,28,31-32,34,36-42H2,1-2H3. The Kier molecular flexibility index (Phi) is 15.0. The van der Waals surface area contributed by atoms with Gasteiger partial charge in [0.05, 0.1) is 25.4 Å². The molecule has 1 aromatic heterocycles. The molecule has 16 rings (SSSR count). The van der Waals surface area contributed by atoms with Gasteiger partial charge in [0.15, 0.2) is 17.8 Å². The van der Waals surface area contributed by atoms with Crippen molar-refractivity contribution in [1.82, 2.24) is 0 Å². The number of ether oxygens (including phenoxy) is 4. The first-order chi connectivity index (χ1) is 44.4. The van der Waals surface area contributed by atoms with Crippen LogP contribution >= 0.6 is 0 Å². The lowest BCUT2D eigenvalue weighted by Crippen LogP contribution is -2.59. The Labute approximate surface area is 531 Å². The molecule has 6 aromatic rings. The minimum absolute atomic E-state index is 0.00256. The lowest BCUT2D eigenvalue weighted by molar-refractivity contribution is -0.202. The molecular formula is C79H82O12. The smallest absolute Gasteiger partial charge is 0.340 e. The van der Waals surface area contributed by atoms with Crippen LogP contribution < -0.4 is 10.4 Å². The Balaban J connectivity index is 0.905. The third kappa shape index (κ3) is 9.25. The summed E-state index contributed by atoms with van der Waals surface area (Å²) in [5, 5.41) is 42.7. The number of benzene rings is 5. The zero-order valence-corrected chi connectivity index (χ0v) is 52.1. The number of fused-ring (bicyclic) bond motifs is 11. The normalized spacial score (nSPS) is 32.3. The monoisotopic (exact) mass is 1220 g/mol. The Bertz CT molecular complexity index is 4130. The van der Waals surface area contributed by atoms with Gasteiger partial charge in [-0.3, -0.25) is 4.79 Å². The second-order valence-electron chi connectivity index (χ2n) is 28.5. The predicted molar refractivity (Wildman–Crippen MR) is 346 cm³/mol. The summed E-state index contributed by atoms with van der Waals surface area (Å²) in [6.45, 7) is 1.76. The topological polar surface area (TPSA) is 182 Å². The number of hydrogen-bond acceptors (Lipinski definition) is 12. The molecule has 91 heavy (non-hydrogen) atoms. The molecule has 3 aliphatic heterocycles. The summed E-state index contributed by atoms with van der Waals surface area (Å²) in [7, 11) is 0. The predicted octanol–water partition coefficient (Wildman–Crippen LogP) is 13.5. The van der Waals surface area contributed by atoms with Gasteiger partial charge in [-0.1, -0.05) is 127 Å². The van der Waals surface area contributed by atoms with Crippen LogP contribution in [0.1, 0.15) is 199 Å². The van der Waals surface area contributed by atoms with Gasteiger partial charge in [0.2, 0.25) is 0 Å². The fraction of sp³-hybridized carbons (Fsp3) is 0.456. The molecule has 4 N–H and O–H groups in total. The first-order valence-electron chi connectivity index (χ1n) is 33.9. The summed E-state index contributed by atoms with van der Waals surface area (Å²) in [5.41, 5.74) is 13.6. The number of aliphatic hydroxyl groups is 4. The highest BCUT2D eigenvalue weighted by Crippen LogP contribution is 2.66. The number of rotatable bonds is 9. The molecule has 470 valence electrons. The zero-order chi connectivity index (χ0) is 62.0. The van der Waals surface area contributed by atoms with Crippen molar-refractivity contribution in [2.75, 3.05) is 26.6 Å². The van der Waals surface area contributed by atoms with Gasteiger partial charge < -0.3 is 43.8 Å². The SMILES string of the molecule is CC(CO)=C1CCc2ccc3cc2C2CCC4=Cc5ccccc5C5CC(C(C2)C45)C2(C)Oc4ccc5c(CO)c(C(CCO)COCO)c(=O)oc5c4C(OC(=O)CC4CC(c5cccc6c5CCC5CCCC7C=Cc8ccccc8C675)C=CC34)C2OC1=O. The first kappa shape index (κ1) is 58.9. The highest BCUT2D eigenvalue weighted by Gasteiger charge is 2.64. The molecule has 15 unspecified atom stereocenters. The molecule has 12 heteroatoms. The molecule has 0 amide bonds. The molecule has 15 atom stereocenters. The summed E-state index contributed by atoms with van der Waals surface area (Å²) in [5.74, 6) is -0.946. The molecule has 0 saturated heterocycles. The van der Waals surface area contributed by atoms with Crippen LogP contribution in [0, 0.1) is 35.5 Å². The van der Waals surface area contributed by atoms with Gasteiger partial charge >= 0.3 is 17.6 Å². The maximum Gasteiger partial charge on any atom is 0.340 e. The lowest BCUT2D eigenvalue weighted by atomic mass is 9.48. The molecule has 3 fully saturated rings. The Morgan fingerprint density at radius 3 is 2.46 bits per heavy atom. The highest BCUT2D eigenvalue weighted by atomic mass is 16.6. The minimum atomic E-state index is -1.40. The van der Waals surface area contributed by atoms with Crippen molar-refractivity contribution in [1.29, 1.82) is 0 Å². The average Bonchev–Trinajstić information content (AvgIpc) is 1.51. The fourth-order valence-corrected chi connectivity index (χ4v) is 20.6. The van der Waals surface area contributed by atoms with Gasteiger partial charge in [0.1, 0.15) is 18.1 Å². The molecule has 10 aliphatic rings. The maximum absolute atomic E-state index is 16.1. The Hall–Kier alpha value is -7.19. The summed E-state index contributed by atoms with van der Waals surface area (Å²) in [4.78, 5) is 46.7. The summed E-state index contributed by atoms with van der Waals surface area (Å²) in [6.07, 6.45) is 20.1. The van der Waals surface area contributed by atoms with Gasteiger partial charge in [-0.2, -0.15) is 0 Å². The van der Waals surface area contributed by atoms with Crippen LogP contribution in [0.2, 0.25) is 0 Å². The van der Waals surface area contributed by atoms with Crippen molar-refractivity contribution < 1.29 is 53.4 Å². The molecule has 3 saturated carbocycles. The minimum Gasteiger partial charge on any atom is -0.483 e. The van der Waals surface area contributed by atoms with Crippen molar-refractivity contribution in [3.8, 4) is 5.75 Å². The average molecular weight is 1220 g/mol. The van der Waals surface area contributed by atoms with Crippen molar-refractivity contribution in [2.24, 2.45) is 35.5 Å². The van der Waals surface area contributed by atoms with Crippen LogP contribution in [0.4, 0.5) is 0 Å². The van der Waals surface area contributed by atoms with E-state index in [0.29, 0.717) is 53.4 Å². The largest absolute Gasteiger partial charge is 0.483 e. The third-order valence-corrected chi connectivity index (χ3v) is 24.5. The number of carbonyl (C=O) groups is 2. The van der Waals surface area contributed by atoms with Gasteiger partial charge in [-0.15, -0.1) is 0 Å². The summed E-state index contributed by atoms with van der Waals surface area (Å²) < 4.78 is 34.1. The summed E-state index contributed by atoms with van der Waals surface area (Å²) >= 11 is 0. The van der Waals surface area contributed by atoms with Crippen molar-refractivity contribution in [3.05, 3.63) is 215 Å². The number of aliphatic hydroxyl groups excluding tert-OH is 4. The van der Waals surface area contributed by atoms with E-state index in [4.69, 9.17) is 23.4 Å². The Morgan fingerprint density at radius 2 is 1.62 bits per heavy atom. The van der Waals surface area contributed by atoms with Crippen molar-refractivity contribution >= 4 is 35.1 Å². The molecule has 7 aliphatic carbocycles. The highest BCUT2D eigenvalue weighted by molar-refractivity contribution is 5.91. The van der Waals surface area contributed by atoms with E-state index in [1.54, 1.807) is 19.1 Å². The molecule has 1 spiro atoms. The summed E-state index contributed by atoms with van der Waals surface area (Å²) in [6, 6.07) is 35.5. The van der Waals surface area contributed by atoms with Crippen LogP contribution in [0.5, 0.6) is 5.75 Å². The number of aryl methyl sites for hydroxylation is 1. The van der Waals surface area contributed by atoms with Gasteiger partial charge in [-0.25, -0.2) is 9.59 Å². The van der Waals surface area contributed by atoms with E-state index >= 15 is 9.59 Å². The van der Waals surface area contributed by atoms with E-state index in [2.05, 4.69) is 115 Å². The molecule has 12 nitrogen and oxygen atoms in total. The molecular weight excluding hydrogens is 1140 g/mol. The Morgan fingerprint density at radius 1 is 0.780 bits per heavy atom. The fourth-order valence-electron chi connectivity index (χ4n) is 20.6. The van der Waals surface area contributed by atoms with Crippen LogP contribution in [-0.2, 0) is 48.7 Å². The molecule has 0 radical (unpaired) electrons. The van der Waals surface area contributed by atoms with Gasteiger partial charge in [0.25, 0.3) is 0 Å². The van der Waals surface area contributed by atoms with Gasteiger partial charge in [0, 0.05) is 58.6 Å². The van der Waals surface area contributed by atoms with Crippen LogP contribution in [0.3, 0.4) is 0 Å². The third-order valence-electron chi connectivity index (χ3n) is 24.5. The van der Waals surface area contributed by atoms with E-state index in [0.717, 1.165) is 44.1 Å². The molecule has 4 heterocycles. The zero-order valence-electron chi connectivity index (χ0n) is 52.1. The maximum atomic E-state index is 16.1. The van der Waals surface area contributed by atoms with Crippen molar-refractivity contribution in [3.63, 3.8) is 0 Å². The van der Waals surface area contributed by atoms with Crippen LogP contribution in [-0.4, -0.2) is 70.7 Å². The van der Waals surface area contributed by atoms with E-state index in [1.807, 2.05) is 6.92 Å². The number of esters is 2. The van der Waals surface area contributed by atoms with E-state index in [1.165, 1.54) is 68.5 Å². The van der Waals surface area contributed by atoms with E-state index in [9.17, 15) is 25.2 Å². The van der Waals surface area contributed by atoms with E-state index < -0.39 is 54.7 Å². The quantitative estimate of drug-likeness (QED) is 0.0354. The van der Waals surface area contributed by atoms with Crippen LogP contribution in [0.15, 0.2) is 141 Å².